The van der Waals surface area contributed by atoms with Crippen molar-refractivity contribution in [1.29, 1.82) is 0 Å². The number of likely N-dealkylation sites (N-methyl/N-ethyl adjacent to an activating group) is 1. The Labute approximate surface area is 256 Å². The molecule has 0 radical (unpaired) electrons. The van der Waals surface area contributed by atoms with E-state index in [0.717, 1.165) is 13.1 Å². The van der Waals surface area contributed by atoms with Crippen LogP contribution in [0.1, 0.15) is 47.0 Å². The third kappa shape index (κ3) is 9.54. The summed E-state index contributed by atoms with van der Waals surface area (Å²) < 4.78 is 37.7. The zero-order valence-electron chi connectivity index (χ0n) is 25.4. The van der Waals surface area contributed by atoms with E-state index in [1.807, 2.05) is 27.7 Å². The Bertz CT molecular complexity index is 1250. The third-order valence-corrected chi connectivity index (χ3v) is 10.6. The molecule has 1 fully saturated rings. The van der Waals surface area contributed by atoms with Crippen molar-refractivity contribution in [2.24, 2.45) is 0 Å². The van der Waals surface area contributed by atoms with Gasteiger partial charge < -0.3 is 28.1 Å². The number of hydroxylamine groups is 2. The smallest absolute Gasteiger partial charge is 0.353 e. The van der Waals surface area contributed by atoms with Crippen LogP contribution in [0.2, 0.25) is 0 Å². The number of nitrogens with zero attached hydrogens (tertiary/aromatic N) is 4. The Hall–Kier alpha value is -2.40. The normalized spacial score (nSPS) is 22.7. The minimum Gasteiger partial charge on any atom is -0.377 e. The SMILES string of the molecule is CCN(CC)CCCN(CCS(=O)(=O)c1ccccc1)/C1=S2\OC(=O)CC(O)(CC(=O)ON1CCN(CC)CC)C(=O)O2. The van der Waals surface area contributed by atoms with Crippen LogP contribution in [0.15, 0.2) is 35.2 Å². The Kier molecular flexibility index (Phi) is 13.1. The lowest BCUT2D eigenvalue weighted by Gasteiger charge is -2.33. The van der Waals surface area contributed by atoms with Crippen LogP contribution in [-0.2, 0) is 37.4 Å². The van der Waals surface area contributed by atoms with Crippen LogP contribution in [0, 0.1) is 0 Å². The molecule has 0 saturated carbocycles. The Morgan fingerprint density at radius 2 is 1.47 bits per heavy atom. The van der Waals surface area contributed by atoms with Gasteiger partial charge in [-0.3, -0.25) is 14.5 Å². The van der Waals surface area contributed by atoms with E-state index < -0.39 is 57.2 Å². The van der Waals surface area contributed by atoms with Gasteiger partial charge in [0.25, 0.3) is 0 Å². The summed E-state index contributed by atoms with van der Waals surface area (Å²) >= 11 is -2.05. The highest BCUT2D eigenvalue weighted by Crippen LogP contribution is 2.35. The topological polar surface area (TPSA) is 146 Å². The minimum absolute atomic E-state index is 0.0381. The van der Waals surface area contributed by atoms with Crippen LogP contribution in [-0.4, -0.2) is 127 Å². The van der Waals surface area contributed by atoms with Crippen molar-refractivity contribution in [3.8, 4) is 0 Å². The first kappa shape index (κ1) is 35.1. The van der Waals surface area contributed by atoms with Crippen LogP contribution in [0.25, 0.3) is 0 Å². The molecule has 2 atom stereocenters. The van der Waals surface area contributed by atoms with Crippen molar-refractivity contribution >= 4 is 43.9 Å². The Morgan fingerprint density at radius 3 is 2.09 bits per heavy atom. The van der Waals surface area contributed by atoms with Gasteiger partial charge in [0.15, 0.2) is 15.4 Å². The van der Waals surface area contributed by atoms with Crippen molar-refractivity contribution in [3.05, 3.63) is 30.3 Å². The molecule has 13 nitrogen and oxygen atoms in total. The lowest BCUT2D eigenvalue weighted by Crippen LogP contribution is -2.50. The Morgan fingerprint density at radius 1 is 0.860 bits per heavy atom. The van der Waals surface area contributed by atoms with Crippen molar-refractivity contribution in [3.63, 3.8) is 0 Å². The number of sulfone groups is 1. The zero-order valence-corrected chi connectivity index (χ0v) is 27.0. The quantitative estimate of drug-likeness (QED) is 0.275. The van der Waals surface area contributed by atoms with E-state index in [2.05, 4.69) is 9.80 Å². The highest BCUT2D eigenvalue weighted by atomic mass is 32.2. The van der Waals surface area contributed by atoms with Gasteiger partial charge in [-0.2, -0.15) is 0 Å². The average molecular weight is 645 g/mol. The number of benzene rings is 1. The van der Waals surface area contributed by atoms with E-state index in [4.69, 9.17) is 13.2 Å². The van der Waals surface area contributed by atoms with Crippen molar-refractivity contribution < 1.29 is 41.1 Å². The van der Waals surface area contributed by atoms with Crippen LogP contribution in [0.5, 0.6) is 0 Å². The molecular formula is C28H44N4O9S2. The number of hydrogen-bond acceptors (Lipinski definition) is 13. The number of rotatable bonds is 15. The van der Waals surface area contributed by atoms with Crippen LogP contribution in [0.4, 0.5) is 0 Å². The lowest BCUT2D eigenvalue weighted by molar-refractivity contribution is -0.184. The standard InChI is InChI=1S/C28H44N4O9S2/c1-5-29(6-2)15-12-16-31(19-20-43(37,38)23-13-10-9-11-14-23)27-32(18-17-30(7-3)8-4)39-24(33)21-28(36)22-25(34)40-42(27)41-26(28)35/h9-11,13-14,36H,5-8,12,15-22H2,1-4H3. The van der Waals surface area contributed by atoms with Gasteiger partial charge in [0, 0.05) is 19.6 Å². The molecule has 0 aromatic heterocycles. The second kappa shape index (κ2) is 16.1. The van der Waals surface area contributed by atoms with Crippen molar-refractivity contribution in [1.82, 2.24) is 19.8 Å². The molecule has 15 heteroatoms. The van der Waals surface area contributed by atoms with E-state index in [1.54, 1.807) is 23.1 Å². The molecule has 0 amide bonds. The second-order valence-electron chi connectivity index (χ2n) is 10.3. The molecule has 2 bridgehead atoms. The van der Waals surface area contributed by atoms with Gasteiger partial charge >= 0.3 is 17.9 Å². The molecule has 1 aromatic carbocycles. The van der Waals surface area contributed by atoms with Gasteiger partial charge in [-0.1, -0.05) is 51.0 Å². The van der Waals surface area contributed by atoms with E-state index in [-0.39, 0.29) is 35.4 Å². The first-order valence-corrected chi connectivity index (χ1v) is 17.4. The fraction of sp³-hybridized carbons (Fsp3) is 0.643. The number of aliphatic hydroxyl groups is 1. The molecule has 2 heterocycles. The van der Waals surface area contributed by atoms with Gasteiger partial charge in [0.2, 0.25) is 16.2 Å². The third-order valence-electron chi connectivity index (χ3n) is 7.46. The van der Waals surface area contributed by atoms with Gasteiger partial charge in [0.1, 0.15) is 0 Å². The molecule has 242 valence electrons. The van der Waals surface area contributed by atoms with Gasteiger partial charge in [-0.05, 0) is 51.3 Å². The predicted molar refractivity (Wildman–Crippen MR) is 162 cm³/mol. The first-order chi connectivity index (χ1) is 20.5. The highest BCUT2D eigenvalue weighted by molar-refractivity contribution is 8.08. The van der Waals surface area contributed by atoms with Crippen molar-refractivity contribution in [2.45, 2.75) is 57.5 Å². The summed E-state index contributed by atoms with van der Waals surface area (Å²) in [4.78, 5) is 50.8. The molecule has 2 aliphatic heterocycles. The van der Waals surface area contributed by atoms with Crippen LogP contribution in [0.3, 0.4) is 0 Å². The average Bonchev–Trinajstić information content (AvgIpc) is 3.06. The molecule has 1 aromatic rings. The summed E-state index contributed by atoms with van der Waals surface area (Å²) in [6.07, 6.45) is -1.00. The molecule has 43 heavy (non-hydrogen) atoms. The molecule has 1 saturated heterocycles. The van der Waals surface area contributed by atoms with Crippen LogP contribution >= 0.6 is 11.0 Å². The van der Waals surface area contributed by atoms with E-state index in [9.17, 15) is 27.9 Å². The number of fused-ring (bicyclic) bond motifs is 3. The molecule has 0 aliphatic carbocycles. The fourth-order valence-electron chi connectivity index (χ4n) is 4.79. The second-order valence-corrected chi connectivity index (χ2v) is 13.6. The minimum atomic E-state index is -3.74. The number of carbonyl (C=O) groups excluding carboxylic acids is 3. The number of carbonyl (C=O) groups is 3. The molecule has 1 N–H and O–H groups in total. The van der Waals surface area contributed by atoms with E-state index in [0.29, 0.717) is 32.6 Å². The van der Waals surface area contributed by atoms with Gasteiger partial charge in [0.05, 0.1) is 30.0 Å². The summed E-state index contributed by atoms with van der Waals surface area (Å²) in [5.74, 6) is -3.35. The van der Waals surface area contributed by atoms with Gasteiger partial charge in [-0.15, -0.1) is 0 Å². The fourth-order valence-corrected chi connectivity index (χ4v) is 7.45. The molecule has 2 unspecified atom stereocenters. The summed E-state index contributed by atoms with van der Waals surface area (Å²) in [5.41, 5.74) is -2.44. The summed E-state index contributed by atoms with van der Waals surface area (Å²) in [7, 11) is -3.74. The monoisotopic (exact) mass is 644 g/mol. The van der Waals surface area contributed by atoms with Gasteiger partial charge in [-0.25, -0.2) is 13.2 Å². The van der Waals surface area contributed by atoms with E-state index in [1.165, 1.54) is 17.2 Å². The molecule has 3 rings (SSSR count). The summed E-state index contributed by atoms with van der Waals surface area (Å²) in [6.45, 7) is 12.6. The predicted octanol–water partition coefficient (Wildman–Crippen LogP) is 1.41. The highest BCUT2D eigenvalue weighted by Gasteiger charge is 2.49. The zero-order chi connectivity index (χ0) is 31.6. The molecule has 0 spiro atoms. The van der Waals surface area contributed by atoms with Crippen molar-refractivity contribution in [2.75, 3.05) is 64.7 Å². The summed E-state index contributed by atoms with van der Waals surface area (Å²) in [5, 5.41) is 12.2. The Balaban J connectivity index is 2.09. The van der Waals surface area contributed by atoms with E-state index >= 15 is 0 Å². The molecular weight excluding hydrogens is 600 g/mol. The maximum Gasteiger partial charge on any atom is 0.353 e. The maximum atomic E-state index is 13.3. The largest absolute Gasteiger partial charge is 0.377 e. The molecule has 2 aliphatic rings. The summed E-state index contributed by atoms with van der Waals surface area (Å²) in [6, 6.07) is 8.04. The lowest BCUT2D eigenvalue weighted by atomic mass is 9.96. The number of hydrogen-bond donors (Lipinski definition) is 1. The maximum absolute atomic E-state index is 13.3. The first-order valence-electron chi connectivity index (χ1n) is 14.7. The van der Waals surface area contributed by atoms with Crippen LogP contribution < -0.4 is 0 Å².